The topological polar surface area (TPSA) is 86.7 Å². The number of methoxy groups -OCH3 is 3. The Morgan fingerprint density at radius 3 is 2.52 bits per heavy atom. The quantitative estimate of drug-likeness (QED) is 0.716. The van der Waals surface area contributed by atoms with Gasteiger partial charge in [0.15, 0.2) is 23.0 Å². The molecule has 31 heavy (non-hydrogen) atoms. The molecular formula is C23H27NO7. The van der Waals surface area contributed by atoms with Crippen LogP contribution in [0.3, 0.4) is 0 Å². The largest absolute Gasteiger partial charge is 0.493 e. The van der Waals surface area contributed by atoms with E-state index in [0.29, 0.717) is 41.7 Å². The molecule has 2 unspecified atom stereocenters. The van der Waals surface area contributed by atoms with Gasteiger partial charge in [-0.05, 0) is 49.2 Å². The minimum absolute atomic E-state index is 0.171. The molecule has 0 aromatic heterocycles. The van der Waals surface area contributed by atoms with Gasteiger partial charge in [-0.2, -0.15) is 0 Å². The average Bonchev–Trinajstić information content (AvgIpc) is 3.27. The van der Waals surface area contributed by atoms with Gasteiger partial charge in [-0.1, -0.05) is 12.5 Å². The highest BCUT2D eigenvalue weighted by molar-refractivity contribution is 5.74. The predicted octanol–water partition coefficient (Wildman–Crippen LogP) is 3.47. The maximum Gasteiger partial charge on any atom is 0.320 e. The highest BCUT2D eigenvalue weighted by Crippen LogP contribution is 2.47. The van der Waals surface area contributed by atoms with Crippen LogP contribution in [-0.4, -0.2) is 56.7 Å². The number of piperidine rings is 1. The molecule has 8 heteroatoms. The van der Waals surface area contributed by atoms with Crippen LogP contribution in [-0.2, 0) is 4.79 Å². The summed E-state index contributed by atoms with van der Waals surface area (Å²) in [5.41, 5.74) is 1.69. The lowest BCUT2D eigenvalue weighted by molar-refractivity contribution is -0.145. The minimum atomic E-state index is -0.829. The average molecular weight is 429 g/mol. The smallest absolute Gasteiger partial charge is 0.320 e. The first-order valence-corrected chi connectivity index (χ1v) is 10.3. The molecule has 2 aliphatic rings. The number of carbonyl (C=O) groups is 1. The third-order valence-electron chi connectivity index (χ3n) is 5.90. The van der Waals surface area contributed by atoms with Crippen molar-refractivity contribution in [2.75, 3.05) is 34.7 Å². The fraction of sp³-hybridized carbons (Fsp3) is 0.435. The Labute approximate surface area is 181 Å². The summed E-state index contributed by atoms with van der Waals surface area (Å²) in [6.07, 6.45) is 2.39. The Balaban J connectivity index is 1.90. The lowest BCUT2D eigenvalue weighted by atomic mass is 9.90. The fourth-order valence-electron chi connectivity index (χ4n) is 4.50. The molecule has 1 fully saturated rings. The molecule has 2 atom stereocenters. The number of nitrogens with zero attached hydrogens (tertiary/aromatic N) is 1. The fourth-order valence-corrected chi connectivity index (χ4v) is 4.50. The van der Waals surface area contributed by atoms with Gasteiger partial charge in [0.25, 0.3) is 0 Å². The third-order valence-corrected chi connectivity index (χ3v) is 5.90. The second kappa shape index (κ2) is 8.93. The summed E-state index contributed by atoms with van der Waals surface area (Å²) < 4.78 is 27.8. The van der Waals surface area contributed by atoms with Gasteiger partial charge in [0.1, 0.15) is 6.04 Å². The standard InChI is InChI=1S/C23H27NO7/c1-27-18-10-8-15(21(28-2)22(18)29-3)20(24-11-5-4-6-16(24)23(25)26)14-7-9-17-19(12-14)31-13-30-17/h7-10,12,16,20H,4-6,11,13H2,1-3H3,(H,25,26). The molecule has 2 aliphatic heterocycles. The Hall–Kier alpha value is -3.13. The van der Waals surface area contributed by atoms with Crippen molar-refractivity contribution in [1.82, 2.24) is 4.90 Å². The molecule has 2 aromatic rings. The lowest BCUT2D eigenvalue weighted by Gasteiger charge is -2.40. The van der Waals surface area contributed by atoms with E-state index in [1.807, 2.05) is 35.2 Å². The lowest BCUT2D eigenvalue weighted by Crippen LogP contribution is -2.46. The monoisotopic (exact) mass is 429 g/mol. The summed E-state index contributed by atoms with van der Waals surface area (Å²) in [6, 6.07) is 8.45. The van der Waals surface area contributed by atoms with Crippen LogP contribution in [0.4, 0.5) is 0 Å². The van der Waals surface area contributed by atoms with E-state index in [4.69, 9.17) is 23.7 Å². The Kier molecular flexibility index (Phi) is 6.08. The van der Waals surface area contributed by atoms with Crippen molar-refractivity contribution in [3.8, 4) is 28.7 Å². The molecule has 2 aromatic carbocycles. The van der Waals surface area contributed by atoms with Gasteiger partial charge in [0, 0.05) is 5.56 Å². The van der Waals surface area contributed by atoms with E-state index in [-0.39, 0.29) is 12.8 Å². The van der Waals surface area contributed by atoms with Crippen molar-refractivity contribution in [3.05, 3.63) is 41.5 Å². The first-order valence-electron chi connectivity index (χ1n) is 10.3. The summed E-state index contributed by atoms with van der Waals surface area (Å²) in [5, 5.41) is 9.95. The second-order valence-electron chi connectivity index (χ2n) is 7.53. The zero-order valence-electron chi connectivity index (χ0n) is 17.9. The maximum atomic E-state index is 12.1. The van der Waals surface area contributed by atoms with Gasteiger partial charge in [0.05, 0.1) is 27.4 Å². The molecule has 166 valence electrons. The molecule has 1 saturated heterocycles. The van der Waals surface area contributed by atoms with Crippen molar-refractivity contribution in [2.24, 2.45) is 0 Å². The van der Waals surface area contributed by atoms with Crippen LogP contribution in [0.2, 0.25) is 0 Å². The minimum Gasteiger partial charge on any atom is -0.493 e. The predicted molar refractivity (Wildman–Crippen MR) is 112 cm³/mol. The van der Waals surface area contributed by atoms with E-state index in [1.54, 1.807) is 21.3 Å². The number of rotatable bonds is 7. The van der Waals surface area contributed by atoms with E-state index < -0.39 is 12.0 Å². The van der Waals surface area contributed by atoms with Gasteiger partial charge >= 0.3 is 5.97 Å². The van der Waals surface area contributed by atoms with Crippen LogP contribution in [0.5, 0.6) is 28.7 Å². The van der Waals surface area contributed by atoms with E-state index in [1.165, 1.54) is 0 Å². The van der Waals surface area contributed by atoms with Crippen LogP contribution in [0, 0.1) is 0 Å². The SMILES string of the molecule is COc1ccc(C(c2ccc3c(c2)OCO3)N2CCCCC2C(=O)O)c(OC)c1OC. The van der Waals surface area contributed by atoms with Crippen LogP contribution in [0.15, 0.2) is 30.3 Å². The number of carboxylic acids is 1. The summed E-state index contributed by atoms with van der Waals surface area (Å²) in [7, 11) is 4.69. The molecule has 0 radical (unpaired) electrons. The zero-order chi connectivity index (χ0) is 22.0. The Morgan fingerprint density at radius 2 is 1.81 bits per heavy atom. The summed E-state index contributed by atoms with van der Waals surface area (Å²) in [4.78, 5) is 14.2. The first-order chi connectivity index (χ1) is 15.1. The van der Waals surface area contributed by atoms with E-state index >= 15 is 0 Å². The Bertz CT molecular complexity index is 961. The molecule has 0 aliphatic carbocycles. The molecule has 1 N–H and O–H groups in total. The maximum absolute atomic E-state index is 12.1. The molecular weight excluding hydrogens is 402 g/mol. The van der Waals surface area contributed by atoms with Crippen molar-refractivity contribution in [2.45, 2.75) is 31.3 Å². The molecule has 2 heterocycles. The van der Waals surface area contributed by atoms with Crippen molar-refractivity contribution in [3.63, 3.8) is 0 Å². The summed E-state index contributed by atoms with van der Waals surface area (Å²) in [6.45, 7) is 0.818. The number of aliphatic carboxylic acids is 1. The van der Waals surface area contributed by atoms with Crippen molar-refractivity contribution < 1.29 is 33.6 Å². The van der Waals surface area contributed by atoms with E-state index in [9.17, 15) is 9.90 Å². The molecule has 8 nitrogen and oxygen atoms in total. The number of fused-ring (bicyclic) bond motifs is 1. The van der Waals surface area contributed by atoms with Gasteiger partial charge in [0.2, 0.25) is 12.5 Å². The summed E-state index contributed by atoms with van der Waals surface area (Å²) >= 11 is 0. The highest BCUT2D eigenvalue weighted by atomic mass is 16.7. The number of benzene rings is 2. The van der Waals surface area contributed by atoms with Crippen molar-refractivity contribution >= 4 is 5.97 Å². The van der Waals surface area contributed by atoms with E-state index in [0.717, 1.165) is 24.0 Å². The van der Waals surface area contributed by atoms with Crippen molar-refractivity contribution in [1.29, 1.82) is 0 Å². The van der Waals surface area contributed by atoms with Crippen LogP contribution >= 0.6 is 0 Å². The van der Waals surface area contributed by atoms with Gasteiger partial charge in [-0.15, -0.1) is 0 Å². The number of hydrogen-bond acceptors (Lipinski definition) is 7. The molecule has 0 bridgehead atoms. The van der Waals surface area contributed by atoms with Crippen LogP contribution in [0.1, 0.15) is 36.4 Å². The molecule has 0 spiro atoms. The second-order valence-corrected chi connectivity index (χ2v) is 7.53. The first kappa shape index (κ1) is 21.1. The normalized spacial score (nSPS) is 19.0. The third kappa shape index (κ3) is 3.83. The molecule has 4 rings (SSSR count). The van der Waals surface area contributed by atoms with Gasteiger partial charge in [-0.25, -0.2) is 0 Å². The molecule has 0 saturated carbocycles. The zero-order valence-corrected chi connectivity index (χ0v) is 17.9. The number of ether oxygens (including phenoxy) is 5. The summed E-state index contributed by atoms with van der Waals surface area (Å²) in [5.74, 6) is 2.02. The molecule has 0 amide bonds. The number of carboxylic acid groups (broad SMARTS) is 1. The number of likely N-dealkylation sites (tertiary alicyclic amines) is 1. The Morgan fingerprint density at radius 1 is 1.03 bits per heavy atom. The van der Waals surface area contributed by atoms with E-state index in [2.05, 4.69) is 0 Å². The van der Waals surface area contributed by atoms with Crippen LogP contribution < -0.4 is 23.7 Å². The highest BCUT2D eigenvalue weighted by Gasteiger charge is 2.37. The van der Waals surface area contributed by atoms with Gasteiger partial charge in [-0.3, -0.25) is 9.69 Å². The number of hydrogen-bond donors (Lipinski definition) is 1. The van der Waals surface area contributed by atoms with Crippen LogP contribution in [0.25, 0.3) is 0 Å². The van der Waals surface area contributed by atoms with Gasteiger partial charge < -0.3 is 28.8 Å².